The summed E-state index contributed by atoms with van der Waals surface area (Å²) < 4.78 is 2.93. The molecule has 0 unspecified atom stereocenters. The standard InChI is InChI=1S/C11H10N6O2/c1-16-8-5-3-2-4-7(8)10(13-16)11-12-14-15-17(11)6-9(18)19/h2-5H,6H2,1H3,(H,18,19). The molecule has 0 aliphatic carbocycles. The Morgan fingerprint density at radius 2 is 2.16 bits per heavy atom. The molecule has 3 rings (SSSR count). The fraction of sp³-hybridized carbons (Fsp3) is 0.182. The van der Waals surface area contributed by atoms with Crippen LogP contribution in [0.1, 0.15) is 0 Å². The largest absolute Gasteiger partial charge is 0.480 e. The van der Waals surface area contributed by atoms with Crippen LogP contribution in [0.4, 0.5) is 0 Å². The van der Waals surface area contributed by atoms with E-state index in [1.807, 2.05) is 31.3 Å². The molecule has 0 radical (unpaired) electrons. The van der Waals surface area contributed by atoms with E-state index in [4.69, 9.17) is 5.11 Å². The molecule has 0 atom stereocenters. The summed E-state index contributed by atoms with van der Waals surface area (Å²) in [6, 6.07) is 7.63. The van der Waals surface area contributed by atoms with Crippen LogP contribution < -0.4 is 0 Å². The summed E-state index contributed by atoms with van der Waals surface area (Å²) in [5.74, 6) is -0.659. The number of tetrazole rings is 1. The summed E-state index contributed by atoms with van der Waals surface area (Å²) in [5.41, 5.74) is 1.51. The average molecular weight is 258 g/mol. The number of carbonyl (C=O) groups is 1. The molecule has 0 amide bonds. The third-order valence-corrected chi connectivity index (χ3v) is 2.79. The molecule has 3 aromatic rings. The van der Waals surface area contributed by atoms with Crippen LogP contribution in [-0.2, 0) is 18.4 Å². The second kappa shape index (κ2) is 4.16. The van der Waals surface area contributed by atoms with Gasteiger partial charge in [0.2, 0.25) is 5.82 Å². The number of para-hydroxylation sites is 1. The van der Waals surface area contributed by atoms with Gasteiger partial charge in [-0.15, -0.1) is 5.10 Å². The summed E-state index contributed by atoms with van der Waals surface area (Å²) in [6.07, 6.45) is 0. The van der Waals surface area contributed by atoms with Gasteiger partial charge in [0.25, 0.3) is 0 Å². The van der Waals surface area contributed by atoms with Crippen LogP contribution in [0, 0.1) is 0 Å². The van der Waals surface area contributed by atoms with E-state index in [0.29, 0.717) is 11.5 Å². The number of aryl methyl sites for hydroxylation is 1. The van der Waals surface area contributed by atoms with Gasteiger partial charge in [0.15, 0.2) is 0 Å². The molecule has 0 spiro atoms. The number of carboxylic acids is 1. The van der Waals surface area contributed by atoms with Crippen molar-refractivity contribution in [1.82, 2.24) is 30.0 Å². The number of benzene rings is 1. The topological polar surface area (TPSA) is 98.7 Å². The molecule has 96 valence electrons. The zero-order chi connectivity index (χ0) is 13.4. The first-order valence-corrected chi connectivity index (χ1v) is 5.57. The van der Waals surface area contributed by atoms with Crippen LogP contribution in [0.15, 0.2) is 24.3 Å². The number of hydrogen-bond acceptors (Lipinski definition) is 5. The third-order valence-electron chi connectivity index (χ3n) is 2.79. The van der Waals surface area contributed by atoms with Crippen molar-refractivity contribution >= 4 is 16.9 Å². The van der Waals surface area contributed by atoms with Crippen molar-refractivity contribution in [2.45, 2.75) is 6.54 Å². The van der Waals surface area contributed by atoms with Gasteiger partial charge in [-0.2, -0.15) is 5.10 Å². The number of aliphatic carboxylic acids is 1. The van der Waals surface area contributed by atoms with Crippen LogP contribution in [0.5, 0.6) is 0 Å². The molecule has 8 nitrogen and oxygen atoms in total. The molecule has 0 saturated heterocycles. The lowest BCUT2D eigenvalue weighted by Gasteiger charge is -1.98. The molecule has 0 aliphatic rings. The number of carboxylic acid groups (broad SMARTS) is 1. The summed E-state index contributed by atoms with van der Waals surface area (Å²) in [4.78, 5) is 10.8. The molecule has 2 aromatic heterocycles. The molecule has 1 N–H and O–H groups in total. The minimum absolute atomic E-state index is 0.298. The SMILES string of the molecule is Cn1nc(-c2nnnn2CC(=O)O)c2ccccc21. The molecule has 0 saturated carbocycles. The van der Waals surface area contributed by atoms with Gasteiger partial charge >= 0.3 is 5.97 Å². The number of nitrogens with zero attached hydrogens (tertiary/aromatic N) is 6. The van der Waals surface area contributed by atoms with Gasteiger partial charge in [-0.1, -0.05) is 18.2 Å². The molecular formula is C11H10N6O2. The summed E-state index contributed by atoms with van der Waals surface area (Å²) in [5, 5.41) is 25.1. The van der Waals surface area contributed by atoms with Crippen molar-refractivity contribution in [2.75, 3.05) is 0 Å². The lowest BCUT2D eigenvalue weighted by molar-refractivity contribution is -0.137. The molecule has 0 bridgehead atoms. The quantitative estimate of drug-likeness (QED) is 0.726. The Kier molecular flexibility index (Phi) is 2.48. The van der Waals surface area contributed by atoms with Crippen LogP contribution in [-0.4, -0.2) is 41.1 Å². The number of hydrogen-bond donors (Lipinski definition) is 1. The van der Waals surface area contributed by atoms with Crippen molar-refractivity contribution in [3.63, 3.8) is 0 Å². The van der Waals surface area contributed by atoms with E-state index in [-0.39, 0.29) is 6.54 Å². The molecular weight excluding hydrogens is 248 g/mol. The van der Waals surface area contributed by atoms with E-state index < -0.39 is 5.97 Å². The Hall–Kier alpha value is -2.77. The van der Waals surface area contributed by atoms with Gasteiger partial charge in [-0.3, -0.25) is 9.48 Å². The molecule has 8 heteroatoms. The number of rotatable bonds is 3. The van der Waals surface area contributed by atoms with E-state index in [0.717, 1.165) is 10.9 Å². The fourth-order valence-corrected chi connectivity index (χ4v) is 1.99. The number of fused-ring (bicyclic) bond motifs is 1. The van der Waals surface area contributed by atoms with Gasteiger partial charge in [-0.25, -0.2) is 4.68 Å². The van der Waals surface area contributed by atoms with E-state index in [1.54, 1.807) is 4.68 Å². The average Bonchev–Trinajstić information content (AvgIpc) is 2.94. The predicted octanol–water partition coefficient (Wildman–Crippen LogP) is 0.311. The van der Waals surface area contributed by atoms with Gasteiger partial charge in [-0.05, 0) is 16.5 Å². The summed E-state index contributed by atoms with van der Waals surface area (Å²) in [7, 11) is 1.82. The maximum Gasteiger partial charge on any atom is 0.325 e. The maximum absolute atomic E-state index is 10.8. The van der Waals surface area contributed by atoms with E-state index in [9.17, 15) is 4.79 Å². The second-order valence-corrected chi connectivity index (χ2v) is 4.04. The highest BCUT2D eigenvalue weighted by atomic mass is 16.4. The van der Waals surface area contributed by atoms with Crippen LogP contribution >= 0.6 is 0 Å². The summed E-state index contributed by atoms with van der Waals surface area (Å²) in [6.45, 7) is -0.298. The van der Waals surface area contributed by atoms with Crippen molar-refractivity contribution in [2.24, 2.45) is 7.05 Å². The highest BCUT2D eigenvalue weighted by Crippen LogP contribution is 2.25. The van der Waals surface area contributed by atoms with E-state index >= 15 is 0 Å². The van der Waals surface area contributed by atoms with Gasteiger partial charge in [0.1, 0.15) is 12.2 Å². The van der Waals surface area contributed by atoms with Crippen molar-refractivity contribution < 1.29 is 9.90 Å². The number of aromatic nitrogens is 6. The predicted molar refractivity (Wildman–Crippen MR) is 65.2 cm³/mol. The molecule has 2 heterocycles. The Balaban J connectivity index is 2.20. The van der Waals surface area contributed by atoms with Gasteiger partial charge in [0.05, 0.1) is 5.52 Å². The maximum atomic E-state index is 10.8. The minimum atomic E-state index is -1.01. The smallest absolute Gasteiger partial charge is 0.325 e. The Morgan fingerprint density at radius 1 is 1.37 bits per heavy atom. The van der Waals surface area contributed by atoms with Gasteiger partial charge in [0, 0.05) is 12.4 Å². The lowest BCUT2D eigenvalue weighted by Crippen LogP contribution is -2.12. The van der Waals surface area contributed by atoms with E-state index in [2.05, 4.69) is 20.6 Å². The Morgan fingerprint density at radius 3 is 2.95 bits per heavy atom. The Labute approximate surface area is 107 Å². The normalized spacial score (nSPS) is 11.0. The minimum Gasteiger partial charge on any atom is -0.480 e. The first-order chi connectivity index (χ1) is 9.16. The lowest BCUT2D eigenvalue weighted by atomic mass is 10.2. The highest BCUT2D eigenvalue weighted by molar-refractivity contribution is 5.91. The second-order valence-electron chi connectivity index (χ2n) is 4.04. The first-order valence-electron chi connectivity index (χ1n) is 5.57. The van der Waals surface area contributed by atoms with E-state index in [1.165, 1.54) is 4.68 Å². The highest BCUT2D eigenvalue weighted by Gasteiger charge is 2.18. The molecule has 19 heavy (non-hydrogen) atoms. The molecule has 0 fully saturated rings. The molecule has 0 aliphatic heterocycles. The zero-order valence-electron chi connectivity index (χ0n) is 10.1. The van der Waals surface area contributed by atoms with Crippen LogP contribution in [0.25, 0.3) is 22.4 Å². The van der Waals surface area contributed by atoms with Crippen molar-refractivity contribution in [3.8, 4) is 11.5 Å². The fourth-order valence-electron chi connectivity index (χ4n) is 1.99. The third kappa shape index (κ3) is 1.82. The van der Waals surface area contributed by atoms with Gasteiger partial charge < -0.3 is 5.11 Å². The van der Waals surface area contributed by atoms with Crippen molar-refractivity contribution in [3.05, 3.63) is 24.3 Å². The monoisotopic (exact) mass is 258 g/mol. The van der Waals surface area contributed by atoms with Crippen molar-refractivity contribution in [1.29, 1.82) is 0 Å². The van der Waals surface area contributed by atoms with Crippen LogP contribution in [0.2, 0.25) is 0 Å². The molecule has 1 aromatic carbocycles. The zero-order valence-corrected chi connectivity index (χ0v) is 10.1. The Bertz CT molecular complexity index is 759. The summed E-state index contributed by atoms with van der Waals surface area (Å²) >= 11 is 0. The first kappa shape index (κ1) is 11.3. The van der Waals surface area contributed by atoms with Crippen LogP contribution in [0.3, 0.4) is 0 Å².